The number of hydrogen-bond acceptors (Lipinski definition) is 4. The molecule has 0 aromatic heterocycles. The molecular weight excluding hydrogens is 256 g/mol. The van der Waals surface area contributed by atoms with Gasteiger partial charge < -0.3 is 20.5 Å². The van der Waals surface area contributed by atoms with Gasteiger partial charge in [0.15, 0.2) is 0 Å². The third-order valence-electron chi connectivity index (χ3n) is 4.82. The van der Waals surface area contributed by atoms with E-state index in [0.717, 1.165) is 12.5 Å². The van der Waals surface area contributed by atoms with Crippen LogP contribution in [-0.4, -0.2) is 43.9 Å². The molecule has 5 nitrogen and oxygen atoms in total. The zero-order chi connectivity index (χ0) is 14.8. The molecule has 0 aliphatic heterocycles. The largest absolute Gasteiger partial charge is 0.379 e. The molecule has 0 aromatic carbocycles. The number of nitrogens with two attached hydrogens (primary N) is 1. The second kappa shape index (κ2) is 6.00. The van der Waals surface area contributed by atoms with Crippen LogP contribution in [0.3, 0.4) is 0 Å². The second-order valence-electron chi connectivity index (χ2n) is 6.62. The Morgan fingerprint density at radius 3 is 2.65 bits per heavy atom. The first kappa shape index (κ1) is 15.7. The smallest absolute Gasteiger partial charge is 0.240 e. The minimum Gasteiger partial charge on any atom is -0.379 e. The van der Waals surface area contributed by atoms with Crippen molar-refractivity contribution in [2.45, 2.75) is 51.7 Å². The molecule has 20 heavy (non-hydrogen) atoms. The van der Waals surface area contributed by atoms with Crippen LogP contribution in [0.15, 0.2) is 0 Å². The predicted molar refractivity (Wildman–Crippen MR) is 77.3 cm³/mol. The molecule has 1 amide bonds. The summed E-state index contributed by atoms with van der Waals surface area (Å²) in [6.07, 6.45) is 3.22. The Hall–Kier alpha value is -0.650. The van der Waals surface area contributed by atoms with E-state index < -0.39 is 5.54 Å². The van der Waals surface area contributed by atoms with Crippen LogP contribution < -0.4 is 11.1 Å². The monoisotopic (exact) mass is 284 g/mol. The number of amides is 1. The van der Waals surface area contributed by atoms with Crippen molar-refractivity contribution in [3.8, 4) is 0 Å². The number of hydrogen-bond donors (Lipinski definition) is 2. The molecule has 2 rings (SSSR count). The van der Waals surface area contributed by atoms with Crippen LogP contribution >= 0.6 is 0 Å². The summed E-state index contributed by atoms with van der Waals surface area (Å²) < 4.78 is 11.1. The van der Waals surface area contributed by atoms with Gasteiger partial charge in [-0.15, -0.1) is 0 Å². The van der Waals surface area contributed by atoms with Gasteiger partial charge in [-0.3, -0.25) is 4.79 Å². The molecule has 2 aliphatic carbocycles. The van der Waals surface area contributed by atoms with E-state index in [4.69, 9.17) is 15.2 Å². The maximum atomic E-state index is 12.3. The van der Waals surface area contributed by atoms with Gasteiger partial charge in [0, 0.05) is 31.6 Å². The predicted octanol–water partition coefficient (Wildman–Crippen LogP) is 1.06. The van der Waals surface area contributed by atoms with Crippen molar-refractivity contribution in [3.63, 3.8) is 0 Å². The highest BCUT2D eigenvalue weighted by Gasteiger charge is 2.62. The van der Waals surface area contributed by atoms with Crippen LogP contribution in [0.2, 0.25) is 0 Å². The minimum absolute atomic E-state index is 0.0642. The van der Waals surface area contributed by atoms with E-state index in [-0.39, 0.29) is 17.4 Å². The zero-order valence-electron chi connectivity index (χ0n) is 12.9. The highest BCUT2D eigenvalue weighted by Crippen LogP contribution is 2.49. The lowest BCUT2D eigenvalue weighted by atomic mass is 9.54. The molecule has 5 heteroatoms. The number of rotatable bonds is 8. The molecule has 0 radical (unpaired) electrons. The fourth-order valence-corrected chi connectivity index (χ4v) is 2.75. The zero-order valence-corrected chi connectivity index (χ0v) is 12.9. The molecular formula is C15H28N2O3. The standard InChI is InChI=1S/C15H28N2O3/c1-4-20-12-9-15(16,14(12,2)3)13(18)17-7-8-19-10-11-5-6-11/h11-12H,4-10,16H2,1-3H3,(H,17,18). The first-order valence-electron chi connectivity index (χ1n) is 7.68. The number of nitrogens with one attached hydrogen (secondary N) is 1. The maximum absolute atomic E-state index is 12.3. The Bertz CT molecular complexity index is 355. The van der Waals surface area contributed by atoms with E-state index in [9.17, 15) is 4.79 Å². The molecule has 2 aliphatic rings. The van der Waals surface area contributed by atoms with E-state index in [1.54, 1.807) is 0 Å². The van der Waals surface area contributed by atoms with Gasteiger partial charge in [0.1, 0.15) is 5.54 Å². The quantitative estimate of drug-likeness (QED) is 0.654. The summed E-state index contributed by atoms with van der Waals surface area (Å²) in [5, 5.41) is 2.89. The minimum atomic E-state index is -0.830. The Labute approximate surface area is 121 Å². The molecule has 2 unspecified atom stereocenters. The SMILES string of the molecule is CCOC1CC(N)(C(=O)NCCOCC2CC2)C1(C)C. The van der Waals surface area contributed by atoms with Gasteiger partial charge in [-0.05, 0) is 25.7 Å². The summed E-state index contributed by atoms with van der Waals surface area (Å²) in [7, 11) is 0. The molecule has 0 spiro atoms. The van der Waals surface area contributed by atoms with Crippen molar-refractivity contribution in [1.82, 2.24) is 5.32 Å². The van der Waals surface area contributed by atoms with E-state index in [2.05, 4.69) is 5.32 Å². The van der Waals surface area contributed by atoms with E-state index in [0.29, 0.717) is 26.2 Å². The van der Waals surface area contributed by atoms with Crippen molar-refractivity contribution >= 4 is 5.91 Å². The average molecular weight is 284 g/mol. The first-order chi connectivity index (χ1) is 9.41. The van der Waals surface area contributed by atoms with Gasteiger partial charge in [0.25, 0.3) is 0 Å². The van der Waals surface area contributed by atoms with Crippen molar-refractivity contribution in [2.75, 3.05) is 26.4 Å². The third-order valence-corrected chi connectivity index (χ3v) is 4.82. The van der Waals surface area contributed by atoms with Crippen LogP contribution in [0.25, 0.3) is 0 Å². The van der Waals surface area contributed by atoms with Crippen molar-refractivity contribution in [3.05, 3.63) is 0 Å². The van der Waals surface area contributed by atoms with Crippen LogP contribution in [0, 0.1) is 11.3 Å². The van der Waals surface area contributed by atoms with Crippen molar-refractivity contribution in [2.24, 2.45) is 17.1 Å². The Balaban J connectivity index is 1.71. The molecule has 2 atom stereocenters. The summed E-state index contributed by atoms with van der Waals surface area (Å²) in [4.78, 5) is 12.3. The number of carbonyl (C=O) groups excluding carboxylic acids is 1. The van der Waals surface area contributed by atoms with E-state index in [1.165, 1.54) is 12.8 Å². The van der Waals surface area contributed by atoms with Gasteiger partial charge in [0.2, 0.25) is 5.91 Å². The van der Waals surface area contributed by atoms with E-state index in [1.807, 2.05) is 20.8 Å². The van der Waals surface area contributed by atoms with E-state index >= 15 is 0 Å². The van der Waals surface area contributed by atoms with Gasteiger partial charge >= 0.3 is 0 Å². The average Bonchev–Trinajstić information content (AvgIpc) is 3.21. The Morgan fingerprint density at radius 1 is 1.40 bits per heavy atom. The third kappa shape index (κ3) is 3.00. The van der Waals surface area contributed by atoms with Crippen LogP contribution in [-0.2, 0) is 14.3 Å². The van der Waals surface area contributed by atoms with Crippen LogP contribution in [0.5, 0.6) is 0 Å². The van der Waals surface area contributed by atoms with Crippen LogP contribution in [0.1, 0.15) is 40.0 Å². The van der Waals surface area contributed by atoms with Gasteiger partial charge in [0.05, 0.1) is 12.7 Å². The molecule has 0 saturated heterocycles. The fourth-order valence-electron chi connectivity index (χ4n) is 2.75. The van der Waals surface area contributed by atoms with Gasteiger partial charge in [-0.1, -0.05) is 13.8 Å². The maximum Gasteiger partial charge on any atom is 0.240 e. The molecule has 2 fully saturated rings. The lowest BCUT2D eigenvalue weighted by molar-refractivity contribution is -0.170. The summed E-state index contributed by atoms with van der Waals surface area (Å²) in [6.45, 7) is 8.53. The normalized spacial score (nSPS) is 31.7. The first-order valence-corrected chi connectivity index (χ1v) is 7.68. The summed E-state index contributed by atoms with van der Waals surface area (Å²) >= 11 is 0. The van der Waals surface area contributed by atoms with Gasteiger partial charge in [-0.2, -0.15) is 0 Å². The molecule has 0 bridgehead atoms. The molecule has 116 valence electrons. The fraction of sp³-hybridized carbons (Fsp3) is 0.933. The van der Waals surface area contributed by atoms with Crippen molar-refractivity contribution in [1.29, 1.82) is 0 Å². The molecule has 2 saturated carbocycles. The highest BCUT2D eigenvalue weighted by atomic mass is 16.5. The van der Waals surface area contributed by atoms with Crippen molar-refractivity contribution < 1.29 is 14.3 Å². The molecule has 3 N–H and O–H groups in total. The second-order valence-corrected chi connectivity index (χ2v) is 6.62. The Kier molecular flexibility index (Phi) is 4.72. The summed E-state index contributed by atoms with van der Waals surface area (Å²) in [6, 6.07) is 0. The number of ether oxygens (including phenoxy) is 2. The molecule has 0 heterocycles. The lowest BCUT2D eigenvalue weighted by Crippen LogP contribution is -2.75. The van der Waals surface area contributed by atoms with Gasteiger partial charge in [-0.25, -0.2) is 0 Å². The Morgan fingerprint density at radius 2 is 2.10 bits per heavy atom. The highest BCUT2D eigenvalue weighted by molar-refractivity contribution is 5.88. The lowest BCUT2D eigenvalue weighted by Gasteiger charge is -2.57. The topological polar surface area (TPSA) is 73.6 Å². The molecule has 0 aromatic rings. The summed E-state index contributed by atoms with van der Waals surface area (Å²) in [5.41, 5.74) is 5.12. The van der Waals surface area contributed by atoms with Crippen LogP contribution in [0.4, 0.5) is 0 Å². The summed E-state index contributed by atoms with van der Waals surface area (Å²) in [5.74, 6) is 0.664. The number of carbonyl (C=O) groups is 1.